The van der Waals surface area contributed by atoms with Crippen molar-refractivity contribution < 1.29 is 8.42 Å². The highest BCUT2D eigenvalue weighted by molar-refractivity contribution is 8.01. The second-order valence-electron chi connectivity index (χ2n) is 4.99. The van der Waals surface area contributed by atoms with Crippen molar-refractivity contribution in [2.45, 2.75) is 35.1 Å². The molecule has 4 nitrogen and oxygen atoms in total. The average Bonchev–Trinajstić information content (AvgIpc) is 2.98. The van der Waals surface area contributed by atoms with E-state index in [-0.39, 0.29) is 4.75 Å². The fraction of sp³-hybridized carbons (Fsp3) is 0.667. The molecule has 3 N–H and O–H groups in total. The van der Waals surface area contributed by atoms with Gasteiger partial charge in [0.05, 0.1) is 0 Å². The minimum atomic E-state index is -3.37. The Balaban J connectivity index is 2.01. The van der Waals surface area contributed by atoms with Gasteiger partial charge in [-0.2, -0.15) is 11.8 Å². The van der Waals surface area contributed by atoms with Gasteiger partial charge in [0.1, 0.15) is 4.21 Å². The molecule has 0 radical (unpaired) electrons. The van der Waals surface area contributed by atoms with E-state index in [1.807, 2.05) is 17.8 Å². The van der Waals surface area contributed by atoms with Crippen LogP contribution in [0.15, 0.2) is 16.3 Å². The molecule has 2 rings (SSSR count). The zero-order valence-corrected chi connectivity index (χ0v) is 13.5. The number of hydrogen-bond acceptors (Lipinski definition) is 5. The van der Waals surface area contributed by atoms with Crippen LogP contribution in [-0.2, 0) is 16.4 Å². The molecule has 1 fully saturated rings. The van der Waals surface area contributed by atoms with Crippen molar-refractivity contribution in [2.24, 2.45) is 5.73 Å². The highest BCUT2D eigenvalue weighted by atomic mass is 32.2. The number of thiophene rings is 1. The Morgan fingerprint density at radius 1 is 1.47 bits per heavy atom. The third kappa shape index (κ3) is 3.95. The van der Waals surface area contributed by atoms with Crippen LogP contribution in [0, 0.1) is 0 Å². The van der Waals surface area contributed by atoms with Gasteiger partial charge in [-0.25, -0.2) is 13.1 Å². The van der Waals surface area contributed by atoms with Crippen LogP contribution >= 0.6 is 23.1 Å². The van der Waals surface area contributed by atoms with Crippen molar-refractivity contribution in [3.8, 4) is 0 Å². The Hall–Kier alpha value is -0.0800. The first-order valence-electron chi connectivity index (χ1n) is 6.38. The van der Waals surface area contributed by atoms with Crippen molar-refractivity contribution in [2.75, 3.05) is 18.8 Å². The average molecular weight is 321 g/mol. The molecule has 0 aromatic carbocycles. The van der Waals surface area contributed by atoms with Gasteiger partial charge in [-0.3, -0.25) is 0 Å². The molecule has 1 atom stereocenters. The lowest BCUT2D eigenvalue weighted by Crippen LogP contribution is -2.36. The number of sulfonamides is 1. The molecule has 1 aromatic rings. The molecule has 0 spiro atoms. The van der Waals surface area contributed by atoms with Gasteiger partial charge in [0, 0.05) is 16.2 Å². The molecule has 1 unspecified atom stereocenters. The second-order valence-corrected chi connectivity index (χ2v) is 9.83. The molecule has 0 amide bonds. The predicted molar refractivity (Wildman–Crippen MR) is 82.4 cm³/mol. The fourth-order valence-corrected chi connectivity index (χ4v) is 6.00. The molecule has 1 aliphatic rings. The van der Waals surface area contributed by atoms with E-state index in [0.717, 1.165) is 23.5 Å². The highest BCUT2D eigenvalue weighted by Crippen LogP contribution is 2.37. The summed E-state index contributed by atoms with van der Waals surface area (Å²) in [5, 5.41) is 0. The van der Waals surface area contributed by atoms with Crippen LogP contribution in [0.2, 0.25) is 0 Å². The van der Waals surface area contributed by atoms with Crippen molar-refractivity contribution >= 4 is 33.1 Å². The van der Waals surface area contributed by atoms with Crippen molar-refractivity contribution in [1.82, 2.24) is 4.72 Å². The lowest BCUT2D eigenvalue weighted by molar-refractivity contribution is 0.554. The summed E-state index contributed by atoms with van der Waals surface area (Å²) < 4.78 is 27.6. The van der Waals surface area contributed by atoms with Crippen LogP contribution in [0.5, 0.6) is 0 Å². The van der Waals surface area contributed by atoms with Crippen molar-refractivity contribution in [3.05, 3.63) is 17.0 Å². The van der Waals surface area contributed by atoms with E-state index in [0.29, 0.717) is 17.3 Å². The molecule has 2 heterocycles. The zero-order chi connectivity index (χ0) is 13.9. The third-order valence-electron chi connectivity index (χ3n) is 3.23. The lowest BCUT2D eigenvalue weighted by atomic mass is 10.1. The van der Waals surface area contributed by atoms with Crippen LogP contribution in [0.25, 0.3) is 0 Å². The molecular formula is C12H20N2O2S3. The van der Waals surface area contributed by atoms with Crippen LogP contribution < -0.4 is 10.5 Å². The summed E-state index contributed by atoms with van der Waals surface area (Å²) in [6.07, 6.45) is 2.97. The van der Waals surface area contributed by atoms with Gasteiger partial charge < -0.3 is 5.73 Å². The van der Waals surface area contributed by atoms with Crippen LogP contribution in [0.1, 0.15) is 24.6 Å². The summed E-state index contributed by atoms with van der Waals surface area (Å²) in [5.74, 6) is 1.12. The summed E-state index contributed by atoms with van der Waals surface area (Å²) in [6.45, 7) is 3.17. The minimum Gasteiger partial charge on any atom is -0.330 e. The topological polar surface area (TPSA) is 72.2 Å². The zero-order valence-electron chi connectivity index (χ0n) is 11.0. The van der Waals surface area contributed by atoms with E-state index in [1.165, 1.54) is 17.8 Å². The summed E-state index contributed by atoms with van der Waals surface area (Å²) in [4.78, 5) is 1.02. The maximum Gasteiger partial charge on any atom is 0.250 e. The number of nitrogens with two attached hydrogens (primary N) is 1. The van der Waals surface area contributed by atoms with Crippen molar-refractivity contribution in [3.63, 3.8) is 0 Å². The molecule has 108 valence electrons. The largest absolute Gasteiger partial charge is 0.330 e. The van der Waals surface area contributed by atoms with Gasteiger partial charge in [-0.1, -0.05) is 0 Å². The fourth-order valence-electron chi connectivity index (χ4n) is 2.07. The molecule has 1 aromatic heterocycles. The Kier molecular flexibility index (Phi) is 4.94. The monoisotopic (exact) mass is 320 g/mol. The SMILES string of the molecule is CC1(CNS(=O)(=O)c2ccc(CCN)s2)CCCS1. The van der Waals surface area contributed by atoms with Gasteiger partial charge >= 0.3 is 0 Å². The van der Waals surface area contributed by atoms with Gasteiger partial charge in [0.2, 0.25) is 10.0 Å². The molecule has 7 heteroatoms. The normalized spacial score (nSPS) is 23.9. The molecular weight excluding hydrogens is 300 g/mol. The first-order chi connectivity index (χ1) is 8.95. The van der Waals surface area contributed by atoms with Crippen LogP contribution in [0.4, 0.5) is 0 Å². The maximum atomic E-state index is 12.2. The Morgan fingerprint density at radius 2 is 2.26 bits per heavy atom. The molecule has 0 aliphatic carbocycles. The first kappa shape index (κ1) is 15.3. The molecule has 19 heavy (non-hydrogen) atoms. The van der Waals surface area contributed by atoms with Gasteiger partial charge in [0.25, 0.3) is 0 Å². The molecule has 1 aliphatic heterocycles. The summed E-state index contributed by atoms with van der Waals surface area (Å²) >= 11 is 3.16. The maximum absolute atomic E-state index is 12.2. The van der Waals surface area contributed by atoms with E-state index in [9.17, 15) is 8.42 Å². The molecule has 0 saturated carbocycles. The van der Waals surface area contributed by atoms with Crippen LogP contribution in [0.3, 0.4) is 0 Å². The number of hydrogen-bond donors (Lipinski definition) is 2. The molecule has 1 saturated heterocycles. The quantitative estimate of drug-likeness (QED) is 0.838. The predicted octanol–water partition coefficient (Wildman–Crippen LogP) is 1.81. The van der Waals surface area contributed by atoms with E-state index in [2.05, 4.69) is 11.6 Å². The Bertz CT molecular complexity index is 519. The second kappa shape index (κ2) is 6.13. The summed E-state index contributed by atoms with van der Waals surface area (Å²) in [5.41, 5.74) is 5.48. The Labute approximate surface area is 123 Å². The summed E-state index contributed by atoms with van der Waals surface area (Å²) in [7, 11) is -3.37. The first-order valence-corrected chi connectivity index (χ1v) is 9.66. The lowest BCUT2D eigenvalue weighted by Gasteiger charge is -2.22. The number of rotatable bonds is 6. The number of nitrogens with one attached hydrogen (secondary N) is 1. The van der Waals surface area contributed by atoms with Gasteiger partial charge in [0.15, 0.2) is 0 Å². The van der Waals surface area contributed by atoms with Gasteiger partial charge in [-0.05, 0) is 50.6 Å². The third-order valence-corrected chi connectivity index (χ3v) is 7.81. The van der Waals surface area contributed by atoms with Crippen molar-refractivity contribution in [1.29, 1.82) is 0 Å². The Morgan fingerprint density at radius 3 is 2.89 bits per heavy atom. The van der Waals surface area contributed by atoms with E-state index in [1.54, 1.807) is 6.07 Å². The standard InChI is InChI=1S/C12H20N2O2S3/c1-12(6-2-8-17-12)9-14-19(15,16)11-4-3-10(18-11)5-7-13/h3-4,14H,2,5-9,13H2,1H3. The minimum absolute atomic E-state index is 0.0460. The summed E-state index contributed by atoms with van der Waals surface area (Å²) in [6, 6.07) is 3.51. The van der Waals surface area contributed by atoms with E-state index < -0.39 is 10.0 Å². The van der Waals surface area contributed by atoms with Crippen LogP contribution in [-0.4, -0.2) is 32.0 Å². The highest BCUT2D eigenvalue weighted by Gasteiger charge is 2.31. The van der Waals surface area contributed by atoms with E-state index >= 15 is 0 Å². The van der Waals surface area contributed by atoms with E-state index in [4.69, 9.17) is 5.73 Å². The smallest absolute Gasteiger partial charge is 0.250 e. The van der Waals surface area contributed by atoms with Gasteiger partial charge in [-0.15, -0.1) is 11.3 Å². The number of thioether (sulfide) groups is 1. The molecule has 0 bridgehead atoms.